The van der Waals surface area contributed by atoms with Gasteiger partial charge in [-0.05, 0) is 13.3 Å². The smallest absolute Gasteiger partial charge is 0.409 e. The first kappa shape index (κ1) is 13.8. The zero-order valence-corrected chi connectivity index (χ0v) is 10.7. The molecule has 5 nitrogen and oxygen atoms in total. The second-order valence-corrected chi connectivity index (χ2v) is 4.16. The lowest BCUT2D eigenvalue weighted by atomic mass is 10.1. The van der Waals surface area contributed by atoms with Crippen LogP contribution >= 0.6 is 0 Å². The van der Waals surface area contributed by atoms with E-state index in [9.17, 15) is 4.79 Å². The molecule has 0 spiro atoms. The molecule has 1 atom stereocenters. The van der Waals surface area contributed by atoms with E-state index in [2.05, 4.69) is 17.9 Å². The monoisotopic (exact) mass is 239 g/mol. The minimum absolute atomic E-state index is 0.00987. The van der Waals surface area contributed by atoms with Crippen molar-refractivity contribution >= 4 is 6.09 Å². The maximum absolute atomic E-state index is 11.5. The van der Waals surface area contributed by atoms with Gasteiger partial charge < -0.3 is 9.64 Å². The molecule has 1 rings (SSSR count). The predicted molar refractivity (Wildman–Crippen MR) is 64.5 cm³/mol. The van der Waals surface area contributed by atoms with Crippen molar-refractivity contribution in [2.75, 3.05) is 32.8 Å². The van der Waals surface area contributed by atoms with Crippen LogP contribution in [-0.2, 0) is 4.74 Å². The number of nitriles is 1. The molecule has 0 N–H and O–H groups in total. The Morgan fingerprint density at radius 1 is 1.35 bits per heavy atom. The number of piperazine rings is 1. The molecule has 1 amide bonds. The minimum atomic E-state index is -0.240. The summed E-state index contributed by atoms with van der Waals surface area (Å²) >= 11 is 0. The highest BCUT2D eigenvalue weighted by Gasteiger charge is 2.25. The molecule has 0 aromatic carbocycles. The Labute approximate surface area is 103 Å². The van der Waals surface area contributed by atoms with Crippen molar-refractivity contribution in [1.29, 1.82) is 5.26 Å². The summed E-state index contributed by atoms with van der Waals surface area (Å²) in [7, 11) is 0. The molecule has 96 valence electrons. The molecule has 1 fully saturated rings. The SMILES string of the molecule is CCCC(C#N)N1CCN(C(=O)OCC)CC1. The van der Waals surface area contributed by atoms with Crippen LogP contribution in [0.1, 0.15) is 26.7 Å². The topological polar surface area (TPSA) is 56.6 Å². The first-order valence-corrected chi connectivity index (χ1v) is 6.28. The van der Waals surface area contributed by atoms with Crippen molar-refractivity contribution in [3.63, 3.8) is 0 Å². The normalized spacial score (nSPS) is 18.5. The fourth-order valence-electron chi connectivity index (χ4n) is 2.03. The van der Waals surface area contributed by atoms with Gasteiger partial charge in [-0.2, -0.15) is 5.26 Å². The Morgan fingerprint density at radius 2 is 2.00 bits per heavy atom. The van der Waals surface area contributed by atoms with E-state index < -0.39 is 0 Å². The van der Waals surface area contributed by atoms with Gasteiger partial charge in [0.1, 0.15) is 0 Å². The van der Waals surface area contributed by atoms with Gasteiger partial charge in [0.15, 0.2) is 0 Å². The molecule has 0 aromatic rings. The van der Waals surface area contributed by atoms with Gasteiger partial charge in [-0.3, -0.25) is 4.90 Å². The van der Waals surface area contributed by atoms with Crippen molar-refractivity contribution in [3.05, 3.63) is 0 Å². The Hall–Kier alpha value is -1.28. The summed E-state index contributed by atoms with van der Waals surface area (Å²) < 4.78 is 4.95. The van der Waals surface area contributed by atoms with Gasteiger partial charge in [-0.25, -0.2) is 4.79 Å². The zero-order chi connectivity index (χ0) is 12.7. The number of rotatable bonds is 4. The van der Waals surface area contributed by atoms with E-state index in [-0.39, 0.29) is 12.1 Å². The Kier molecular flexibility index (Phi) is 5.78. The fraction of sp³-hybridized carbons (Fsp3) is 0.833. The summed E-state index contributed by atoms with van der Waals surface area (Å²) in [5.74, 6) is 0. The molecule has 0 bridgehead atoms. The van der Waals surface area contributed by atoms with Gasteiger partial charge in [0, 0.05) is 26.2 Å². The van der Waals surface area contributed by atoms with Crippen molar-refractivity contribution in [1.82, 2.24) is 9.80 Å². The lowest BCUT2D eigenvalue weighted by molar-refractivity contribution is 0.0722. The third-order valence-corrected chi connectivity index (χ3v) is 2.99. The van der Waals surface area contributed by atoms with Gasteiger partial charge in [0.2, 0.25) is 0 Å². The second-order valence-electron chi connectivity index (χ2n) is 4.16. The summed E-state index contributed by atoms with van der Waals surface area (Å²) in [6.07, 6.45) is 1.67. The molecule has 1 aliphatic rings. The number of amides is 1. The van der Waals surface area contributed by atoms with Crippen LogP contribution in [0.4, 0.5) is 4.79 Å². The highest BCUT2D eigenvalue weighted by atomic mass is 16.6. The van der Waals surface area contributed by atoms with Crippen molar-refractivity contribution in [3.8, 4) is 6.07 Å². The predicted octanol–water partition coefficient (Wildman–Crippen LogP) is 1.45. The molecule has 0 aromatic heterocycles. The van der Waals surface area contributed by atoms with Crippen LogP contribution in [0.2, 0.25) is 0 Å². The van der Waals surface area contributed by atoms with Gasteiger partial charge in [0.25, 0.3) is 0 Å². The lowest BCUT2D eigenvalue weighted by Crippen LogP contribution is -2.51. The van der Waals surface area contributed by atoms with E-state index in [1.165, 1.54) is 0 Å². The minimum Gasteiger partial charge on any atom is -0.450 e. The van der Waals surface area contributed by atoms with E-state index in [4.69, 9.17) is 10.00 Å². The van der Waals surface area contributed by atoms with Gasteiger partial charge in [-0.15, -0.1) is 0 Å². The molecule has 1 unspecified atom stereocenters. The largest absolute Gasteiger partial charge is 0.450 e. The molecule has 0 saturated carbocycles. The Bertz CT molecular complexity index is 280. The first-order chi connectivity index (χ1) is 8.22. The molecule has 1 aliphatic heterocycles. The number of nitrogens with zero attached hydrogens (tertiary/aromatic N) is 3. The maximum Gasteiger partial charge on any atom is 0.409 e. The van der Waals surface area contributed by atoms with Crippen LogP contribution in [0.3, 0.4) is 0 Å². The summed E-state index contributed by atoms with van der Waals surface area (Å²) in [5, 5.41) is 9.07. The zero-order valence-electron chi connectivity index (χ0n) is 10.7. The molecule has 0 radical (unpaired) electrons. The van der Waals surface area contributed by atoms with Crippen LogP contribution in [0, 0.1) is 11.3 Å². The standard InChI is InChI=1S/C12H21N3O2/c1-3-5-11(10-13)14-6-8-15(9-7-14)12(16)17-4-2/h11H,3-9H2,1-2H3. The van der Waals surface area contributed by atoms with Crippen LogP contribution < -0.4 is 0 Å². The van der Waals surface area contributed by atoms with Crippen LogP contribution in [-0.4, -0.2) is 54.7 Å². The lowest BCUT2D eigenvalue weighted by Gasteiger charge is -2.36. The summed E-state index contributed by atoms with van der Waals surface area (Å²) in [4.78, 5) is 15.4. The number of hydrogen-bond donors (Lipinski definition) is 0. The highest BCUT2D eigenvalue weighted by Crippen LogP contribution is 2.11. The number of ether oxygens (including phenoxy) is 1. The average molecular weight is 239 g/mol. The summed E-state index contributed by atoms with van der Waals surface area (Å²) in [6.45, 7) is 7.13. The maximum atomic E-state index is 11.5. The van der Waals surface area contributed by atoms with Gasteiger partial charge in [0.05, 0.1) is 18.7 Å². The summed E-state index contributed by atoms with van der Waals surface area (Å²) in [6, 6.07) is 2.32. The molecular weight excluding hydrogens is 218 g/mol. The quantitative estimate of drug-likeness (QED) is 0.745. The number of carbonyl (C=O) groups is 1. The number of carbonyl (C=O) groups excluding carboxylic acids is 1. The Balaban J connectivity index is 2.39. The van der Waals surface area contributed by atoms with E-state index in [0.29, 0.717) is 19.7 Å². The third-order valence-electron chi connectivity index (χ3n) is 2.99. The average Bonchev–Trinajstić information content (AvgIpc) is 2.36. The molecular formula is C12H21N3O2. The van der Waals surface area contributed by atoms with Crippen LogP contribution in [0.25, 0.3) is 0 Å². The molecule has 17 heavy (non-hydrogen) atoms. The first-order valence-electron chi connectivity index (χ1n) is 6.28. The van der Waals surface area contributed by atoms with E-state index >= 15 is 0 Å². The van der Waals surface area contributed by atoms with Crippen molar-refractivity contribution in [2.24, 2.45) is 0 Å². The highest BCUT2D eigenvalue weighted by molar-refractivity contribution is 5.67. The molecule has 1 heterocycles. The van der Waals surface area contributed by atoms with E-state index in [0.717, 1.165) is 25.9 Å². The van der Waals surface area contributed by atoms with Crippen LogP contribution in [0.15, 0.2) is 0 Å². The number of hydrogen-bond acceptors (Lipinski definition) is 4. The second kappa shape index (κ2) is 7.13. The fourth-order valence-corrected chi connectivity index (χ4v) is 2.03. The van der Waals surface area contributed by atoms with Crippen molar-refractivity contribution in [2.45, 2.75) is 32.7 Å². The van der Waals surface area contributed by atoms with E-state index in [1.54, 1.807) is 11.8 Å². The molecule has 1 saturated heterocycles. The van der Waals surface area contributed by atoms with Gasteiger partial charge in [-0.1, -0.05) is 13.3 Å². The third kappa shape index (κ3) is 3.90. The summed E-state index contributed by atoms with van der Waals surface area (Å²) in [5.41, 5.74) is 0. The van der Waals surface area contributed by atoms with Crippen molar-refractivity contribution < 1.29 is 9.53 Å². The van der Waals surface area contributed by atoms with Crippen LogP contribution in [0.5, 0.6) is 0 Å². The van der Waals surface area contributed by atoms with Gasteiger partial charge >= 0.3 is 6.09 Å². The molecule has 5 heteroatoms. The van der Waals surface area contributed by atoms with E-state index in [1.807, 2.05) is 0 Å². The Morgan fingerprint density at radius 3 is 2.47 bits per heavy atom. The molecule has 0 aliphatic carbocycles.